The first-order valence-electron chi connectivity index (χ1n) is 5.71. The van der Waals surface area contributed by atoms with Crippen LogP contribution in [0.3, 0.4) is 0 Å². The third-order valence-corrected chi connectivity index (χ3v) is 3.14. The standard InChI is InChI=1S/C12H14Cl2N4/c1-2-5-18-10(3-4-17-18)11(15)12-9(14)6-8(13)7-16-12/h3-4,6-7,11H,2,5,15H2,1H3. The van der Waals surface area contributed by atoms with Gasteiger partial charge in [-0.1, -0.05) is 30.1 Å². The normalized spacial score (nSPS) is 12.7. The molecule has 0 amide bonds. The van der Waals surface area contributed by atoms with Crippen LogP contribution in [0.15, 0.2) is 24.5 Å². The Bertz CT molecular complexity index is 539. The average Bonchev–Trinajstić information content (AvgIpc) is 2.77. The fourth-order valence-corrected chi connectivity index (χ4v) is 2.30. The molecule has 0 bridgehead atoms. The number of nitrogens with zero attached hydrogens (tertiary/aromatic N) is 3. The van der Waals surface area contributed by atoms with Crippen LogP contribution in [0.25, 0.3) is 0 Å². The molecule has 0 saturated heterocycles. The largest absolute Gasteiger partial charge is 0.318 e. The lowest BCUT2D eigenvalue weighted by Gasteiger charge is -2.14. The van der Waals surface area contributed by atoms with Gasteiger partial charge < -0.3 is 5.73 Å². The Morgan fingerprint density at radius 3 is 2.89 bits per heavy atom. The van der Waals surface area contributed by atoms with E-state index in [1.54, 1.807) is 18.5 Å². The van der Waals surface area contributed by atoms with Crippen LogP contribution in [0.5, 0.6) is 0 Å². The van der Waals surface area contributed by atoms with Crippen LogP contribution in [0, 0.1) is 0 Å². The summed E-state index contributed by atoms with van der Waals surface area (Å²) < 4.78 is 1.87. The van der Waals surface area contributed by atoms with Gasteiger partial charge in [-0.3, -0.25) is 9.67 Å². The lowest BCUT2D eigenvalue weighted by molar-refractivity contribution is 0.557. The number of halogens is 2. The molecule has 0 aliphatic carbocycles. The molecule has 96 valence electrons. The highest BCUT2D eigenvalue weighted by Crippen LogP contribution is 2.26. The molecule has 2 aromatic rings. The van der Waals surface area contributed by atoms with Crippen molar-refractivity contribution in [2.45, 2.75) is 25.9 Å². The maximum absolute atomic E-state index is 6.19. The van der Waals surface area contributed by atoms with Gasteiger partial charge in [-0.05, 0) is 18.6 Å². The highest BCUT2D eigenvalue weighted by molar-refractivity contribution is 6.34. The van der Waals surface area contributed by atoms with Crippen LogP contribution < -0.4 is 5.73 Å². The number of hydrogen-bond acceptors (Lipinski definition) is 3. The second kappa shape index (κ2) is 5.69. The number of aryl methyl sites for hydroxylation is 1. The Morgan fingerprint density at radius 1 is 1.44 bits per heavy atom. The first kappa shape index (κ1) is 13.3. The molecule has 1 unspecified atom stereocenters. The van der Waals surface area contributed by atoms with Gasteiger partial charge in [0.1, 0.15) is 0 Å². The quantitative estimate of drug-likeness (QED) is 0.939. The summed E-state index contributed by atoms with van der Waals surface area (Å²) in [5.41, 5.74) is 7.70. The van der Waals surface area contributed by atoms with Gasteiger partial charge in [-0.2, -0.15) is 5.10 Å². The zero-order chi connectivity index (χ0) is 13.1. The van der Waals surface area contributed by atoms with Crippen LogP contribution >= 0.6 is 23.2 Å². The highest BCUT2D eigenvalue weighted by atomic mass is 35.5. The van der Waals surface area contributed by atoms with Crippen molar-refractivity contribution in [3.8, 4) is 0 Å². The fourth-order valence-electron chi connectivity index (χ4n) is 1.80. The topological polar surface area (TPSA) is 56.7 Å². The van der Waals surface area contributed by atoms with Crippen molar-refractivity contribution in [3.63, 3.8) is 0 Å². The van der Waals surface area contributed by atoms with E-state index in [9.17, 15) is 0 Å². The number of nitrogens with two attached hydrogens (primary N) is 1. The van der Waals surface area contributed by atoms with E-state index < -0.39 is 6.04 Å². The minimum absolute atomic E-state index is 0.399. The molecule has 6 heteroatoms. The monoisotopic (exact) mass is 284 g/mol. The Balaban J connectivity index is 2.35. The molecule has 0 spiro atoms. The van der Waals surface area contributed by atoms with E-state index in [-0.39, 0.29) is 0 Å². The zero-order valence-corrected chi connectivity index (χ0v) is 11.5. The third kappa shape index (κ3) is 2.66. The van der Waals surface area contributed by atoms with Gasteiger partial charge in [0.25, 0.3) is 0 Å². The summed E-state index contributed by atoms with van der Waals surface area (Å²) in [6.07, 6.45) is 4.26. The fraction of sp³-hybridized carbons (Fsp3) is 0.333. The number of aromatic nitrogens is 3. The Morgan fingerprint density at radius 2 is 2.22 bits per heavy atom. The van der Waals surface area contributed by atoms with Crippen molar-refractivity contribution in [2.75, 3.05) is 0 Å². The van der Waals surface area contributed by atoms with Crippen molar-refractivity contribution in [3.05, 3.63) is 46.0 Å². The molecule has 2 heterocycles. The van der Waals surface area contributed by atoms with Crippen molar-refractivity contribution in [1.82, 2.24) is 14.8 Å². The summed E-state index contributed by atoms with van der Waals surface area (Å²) in [6.45, 7) is 2.91. The molecular formula is C12H14Cl2N4. The predicted molar refractivity (Wildman–Crippen MR) is 72.8 cm³/mol. The van der Waals surface area contributed by atoms with Crippen LogP contribution in [-0.2, 0) is 6.54 Å². The van der Waals surface area contributed by atoms with Crippen LogP contribution in [0.4, 0.5) is 0 Å². The van der Waals surface area contributed by atoms with Crippen molar-refractivity contribution in [2.24, 2.45) is 5.73 Å². The van der Waals surface area contributed by atoms with Crippen molar-refractivity contribution < 1.29 is 0 Å². The van der Waals surface area contributed by atoms with E-state index in [0.29, 0.717) is 15.7 Å². The molecular weight excluding hydrogens is 271 g/mol. The van der Waals surface area contributed by atoms with E-state index >= 15 is 0 Å². The summed E-state index contributed by atoms with van der Waals surface area (Å²) in [4.78, 5) is 4.20. The van der Waals surface area contributed by atoms with E-state index in [1.807, 2.05) is 10.7 Å². The summed E-state index contributed by atoms with van der Waals surface area (Å²) in [7, 11) is 0. The van der Waals surface area contributed by atoms with E-state index in [2.05, 4.69) is 17.0 Å². The lowest BCUT2D eigenvalue weighted by Crippen LogP contribution is -2.19. The molecule has 0 aromatic carbocycles. The minimum atomic E-state index is -0.399. The van der Waals surface area contributed by atoms with Crippen molar-refractivity contribution in [1.29, 1.82) is 0 Å². The first-order chi connectivity index (χ1) is 8.63. The molecule has 0 radical (unpaired) electrons. The maximum Gasteiger partial charge on any atom is 0.0912 e. The van der Waals surface area contributed by atoms with Crippen LogP contribution in [0.1, 0.15) is 30.8 Å². The Hall–Kier alpha value is -1.10. The van der Waals surface area contributed by atoms with Crippen molar-refractivity contribution >= 4 is 23.2 Å². The summed E-state index contributed by atoms with van der Waals surface area (Å²) in [5.74, 6) is 0. The zero-order valence-electron chi connectivity index (χ0n) is 9.98. The third-order valence-electron chi connectivity index (χ3n) is 2.63. The molecule has 0 aliphatic rings. The summed E-state index contributed by atoms with van der Waals surface area (Å²) in [6, 6.07) is 3.13. The summed E-state index contributed by atoms with van der Waals surface area (Å²) >= 11 is 11.9. The molecule has 1 atom stereocenters. The molecule has 2 N–H and O–H groups in total. The molecule has 0 aliphatic heterocycles. The average molecular weight is 285 g/mol. The summed E-state index contributed by atoms with van der Waals surface area (Å²) in [5, 5.41) is 5.21. The Kier molecular flexibility index (Phi) is 4.22. The molecule has 4 nitrogen and oxygen atoms in total. The van der Waals surface area contributed by atoms with Crippen LogP contribution in [0.2, 0.25) is 10.0 Å². The smallest absolute Gasteiger partial charge is 0.0912 e. The van der Waals surface area contributed by atoms with Gasteiger partial charge in [0.05, 0.1) is 27.5 Å². The Labute approximate surface area is 116 Å². The molecule has 18 heavy (non-hydrogen) atoms. The SMILES string of the molecule is CCCn1nccc1C(N)c1ncc(Cl)cc1Cl. The predicted octanol–water partition coefficient (Wildman–Crippen LogP) is 3.04. The van der Waals surface area contributed by atoms with Gasteiger partial charge in [0.2, 0.25) is 0 Å². The maximum atomic E-state index is 6.19. The number of pyridine rings is 1. The first-order valence-corrected chi connectivity index (χ1v) is 6.47. The van der Waals surface area contributed by atoms with Gasteiger partial charge in [0.15, 0.2) is 0 Å². The number of hydrogen-bond donors (Lipinski definition) is 1. The lowest BCUT2D eigenvalue weighted by atomic mass is 10.1. The second-order valence-electron chi connectivity index (χ2n) is 3.98. The highest BCUT2D eigenvalue weighted by Gasteiger charge is 2.18. The molecule has 2 aromatic heterocycles. The minimum Gasteiger partial charge on any atom is -0.318 e. The molecule has 0 saturated carbocycles. The van der Waals surface area contributed by atoms with Gasteiger partial charge in [-0.15, -0.1) is 0 Å². The van der Waals surface area contributed by atoms with E-state index in [0.717, 1.165) is 18.7 Å². The van der Waals surface area contributed by atoms with Gasteiger partial charge in [-0.25, -0.2) is 0 Å². The molecule has 2 rings (SSSR count). The van der Waals surface area contributed by atoms with E-state index in [1.165, 1.54) is 0 Å². The number of rotatable bonds is 4. The second-order valence-corrected chi connectivity index (χ2v) is 4.82. The van der Waals surface area contributed by atoms with E-state index in [4.69, 9.17) is 28.9 Å². The van der Waals surface area contributed by atoms with Gasteiger partial charge in [0, 0.05) is 18.9 Å². The molecule has 0 fully saturated rings. The van der Waals surface area contributed by atoms with Crippen LogP contribution in [-0.4, -0.2) is 14.8 Å². The van der Waals surface area contributed by atoms with Gasteiger partial charge >= 0.3 is 0 Å².